The largest absolute Gasteiger partial charge is 0.741 e. The van der Waals surface area contributed by atoms with E-state index in [4.69, 9.17) is 13.0 Å². The van der Waals surface area contributed by atoms with E-state index in [9.17, 15) is 13.2 Å². The SMILES string of the molecule is CC[Si+](CC)CC.O=S(=O)([O-])C(F)(F)F. The number of rotatable bonds is 3. The van der Waals surface area contributed by atoms with Crippen molar-refractivity contribution in [1.82, 2.24) is 0 Å². The molecule has 0 atom stereocenters. The van der Waals surface area contributed by atoms with Crippen molar-refractivity contribution in [2.45, 2.75) is 44.4 Å². The Bertz CT molecular complexity index is 241. The monoisotopic (exact) mass is 264 g/mol. The van der Waals surface area contributed by atoms with E-state index in [1.165, 1.54) is 18.1 Å². The minimum absolute atomic E-state index is 0.137. The Morgan fingerprint density at radius 3 is 1.27 bits per heavy atom. The third kappa shape index (κ3) is 8.88. The highest BCUT2D eigenvalue weighted by atomic mass is 32.2. The molecule has 3 nitrogen and oxygen atoms in total. The molecule has 0 saturated heterocycles. The van der Waals surface area contributed by atoms with Crippen LogP contribution in [0, 0.1) is 0 Å². The molecule has 0 aromatic rings. The maximum Gasteiger partial charge on any atom is 0.485 e. The number of hydrogen-bond acceptors (Lipinski definition) is 3. The van der Waals surface area contributed by atoms with Gasteiger partial charge in [-0.3, -0.25) is 0 Å². The summed E-state index contributed by atoms with van der Waals surface area (Å²) in [4.78, 5) is 0. The molecule has 0 spiro atoms. The first kappa shape index (κ1) is 17.3. The minimum Gasteiger partial charge on any atom is -0.741 e. The van der Waals surface area contributed by atoms with Gasteiger partial charge in [0.15, 0.2) is 10.1 Å². The van der Waals surface area contributed by atoms with Crippen LogP contribution in [0.15, 0.2) is 0 Å². The first-order valence-corrected chi connectivity index (χ1v) is 7.98. The van der Waals surface area contributed by atoms with Gasteiger partial charge in [0.1, 0.15) is 0 Å². The summed E-state index contributed by atoms with van der Waals surface area (Å²) in [6, 6.07) is 4.37. The molecule has 8 heteroatoms. The summed E-state index contributed by atoms with van der Waals surface area (Å²) in [7, 11) is -5.95. The van der Waals surface area contributed by atoms with Crippen LogP contribution in [0.3, 0.4) is 0 Å². The fourth-order valence-electron chi connectivity index (χ4n) is 0.750. The number of hydrogen-bond donors (Lipinski definition) is 0. The summed E-state index contributed by atoms with van der Waals surface area (Å²) in [6.07, 6.45) is 0. The van der Waals surface area contributed by atoms with E-state index in [1.807, 2.05) is 0 Å². The highest BCUT2D eigenvalue weighted by molar-refractivity contribution is 7.86. The second kappa shape index (κ2) is 7.23. The molecule has 15 heavy (non-hydrogen) atoms. The number of halogens is 3. The van der Waals surface area contributed by atoms with Gasteiger partial charge in [-0.15, -0.1) is 0 Å². The van der Waals surface area contributed by atoms with Crippen molar-refractivity contribution in [3.05, 3.63) is 0 Å². The Kier molecular flexibility index (Phi) is 8.35. The number of alkyl halides is 3. The van der Waals surface area contributed by atoms with Crippen molar-refractivity contribution in [3.8, 4) is 0 Å². The molecule has 0 aliphatic heterocycles. The molecule has 0 amide bonds. The van der Waals surface area contributed by atoms with Gasteiger partial charge in [0.25, 0.3) is 0 Å². The summed E-state index contributed by atoms with van der Waals surface area (Å²) in [6.45, 7) is 6.92. The lowest BCUT2D eigenvalue weighted by Crippen LogP contribution is -2.21. The molecule has 0 bridgehead atoms. The predicted octanol–water partition coefficient (Wildman–Crippen LogP) is 2.59. The average Bonchev–Trinajstić information content (AvgIpc) is 2.05. The fraction of sp³-hybridized carbons (Fsp3) is 1.00. The molecule has 0 rings (SSSR count). The lowest BCUT2D eigenvalue weighted by Gasteiger charge is -2.08. The van der Waals surface area contributed by atoms with E-state index in [-0.39, 0.29) is 8.80 Å². The van der Waals surface area contributed by atoms with Crippen molar-refractivity contribution >= 4 is 18.9 Å². The van der Waals surface area contributed by atoms with E-state index in [0.29, 0.717) is 0 Å². The van der Waals surface area contributed by atoms with E-state index < -0.39 is 15.6 Å². The van der Waals surface area contributed by atoms with Gasteiger partial charge in [-0.2, -0.15) is 13.2 Å². The van der Waals surface area contributed by atoms with Gasteiger partial charge in [0.05, 0.1) is 18.1 Å². The zero-order valence-electron chi connectivity index (χ0n) is 8.89. The van der Waals surface area contributed by atoms with Crippen LogP contribution < -0.4 is 0 Å². The maximum atomic E-state index is 10.7. The molecule has 92 valence electrons. The summed E-state index contributed by atoms with van der Waals surface area (Å²) in [5, 5.41) is 0. The molecule has 0 saturated carbocycles. The molecule has 0 N–H and O–H groups in total. The molecular weight excluding hydrogens is 249 g/mol. The summed E-state index contributed by atoms with van der Waals surface area (Å²) in [5.41, 5.74) is -5.65. The summed E-state index contributed by atoms with van der Waals surface area (Å²) in [5.74, 6) is 0. The van der Waals surface area contributed by atoms with Crippen molar-refractivity contribution in [2.24, 2.45) is 0 Å². The molecule has 0 aliphatic rings. The Morgan fingerprint density at radius 2 is 1.27 bits per heavy atom. The van der Waals surface area contributed by atoms with Crippen LogP contribution in [-0.2, 0) is 10.1 Å². The van der Waals surface area contributed by atoms with Crippen molar-refractivity contribution in [2.75, 3.05) is 0 Å². The Hall–Kier alpha value is -0.0831. The van der Waals surface area contributed by atoms with Gasteiger partial charge >= 0.3 is 14.3 Å². The van der Waals surface area contributed by atoms with Crippen LogP contribution in [0.1, 0.15) is 20.8 Å². The lowest BCUT2D eigenvalue weighted by atomic mass is 10.9. The van der Waals surface area contributed by atoms with Gasteiger partial charge in [0.2, 0.25) is 0 Å². The molecule has 0 fully saturated rings. The Morgan fingerprint density at radius 1 is 1.07 bits per heavy atom. The highest BCUT2D eigenvalue weighted by Crippen LogP contribution is 2.20. The van der Waals surface area contributed by atoms with Crippen LogP contribution in [0.5, 0.6) is 0 Å². The van der Waals surface area contributed by atoms with Crippen molar-refractivity contribution in [1.29, 1.82) is 0 Å². The molecule has 0 aromatic heterocycles. The lowest BCUT2D eigenvalue weighted by molar-refractivity contribution is -0.0517. The second-order valence-corrected chi connectivity index (χ2v) is 7.70. The first-order valence-electron chi connectivity index (χ1n) is 4.45. The average molecular weight is 264 g/mol. The van der Waals surface area contributed by atoms with Gasteiger partial charge in [0, 0.05) is 0 Å². The Balaban J connectivity index is 0. The van der Waals surface area contributed by atoms with Crippen LogP contribution >= 0.6 is 0 Å². The third-order valence-electron chi connectivity index (χ3n) is 1.78. The van der Waals surface area contributed by atoms with Gasteiger partial charge in [-0.25, -0.2) is 8.42 Å². The normalized spacial score (nSPS) is 11.7. The molecule has 0 aliphatic carbocycles. The van der Waals surface area contributed by atoms with Crippen molar-refractivity contribution in [3.63, 3.8) is 0 Å². The highest BCUT2D eigenvalue weighted by Gasteiger charge is 2.36. The van der Waals surface area contributed by atoms with Crippen LogP contribution in [-0.4, -0.2) is 27.3 Å². The molecular formula is C7H15F3O3SSi. The van der Waals surface area contributed by atoms with E-state index in [2.05, 4.69) is 20.8 Å². The van der Waals surface area contributed by atoms with Crippen LogP contribution in [0.4, 0.5) is 13.2 Å². The second-order valence-electron chi connectivity index (χ2n) is 2.71. The van der Waals surface area contributed by atoms with E-state index in [1.54, 1.807) is 0 Å². The van der Waals surface area contributed by atoms with Gasteiger partial charge in [-0.05, 0) is 20.8 Å². The molecule has 0 aromatic carbocycles. The summed E-state index contributed by atoms with van der Waals surface area (Å²) < 4.78 is 58.9. The quantitative estimate of drug-likeness (QED) is 0.447. The van der Waals surface area contributed by atoms with E-state index in [0.717, 1.165) is 0 Å². The topological polar surface area (TPSA) is 57.2 Å². The maximum absolute atomic E-state index is 10.7. The van der Waals surface area contributed by atoms with Crippen molar-refractivity contribution < 1.29 is 26.1 Å². The smallest absolute Gasteiger partial charge is 0.485 e. The molecule has 0 heterocycles. The van der Waals surface area contributed by atoms with Crippen LogP contribution in [0.25, 0.3) is 0 Å². The Labute approximate surface area is 90.0 Å². The van der Waals surface area contributed by atoms with Gasteiger partial charge in [-0.1, -0.05) is 0 Å². The molecule has 0 radical (unpaired) electrons. The zero-order valence-corrected chi connectivity index (χ0v) is 10.7. The zero-order chi connectivity index (χ0) is 12.7. The van der Waals surface area contributed by atoms with E-state index >= 15 is 0 Å². The molecule has 0 unspecified atom stereocenters. The minimum atomic E-state index is -6.09. The third-order valence-corrected chi connectivity index (χ3v) is 5.35. The standard InChI is InChI=1S/C6H15Si.CHF3O3S/c1-4-7(5-2)6-3;2-1(3,4)8(5,6)7/h4-6H2,1-3H3;(H,5,6,7)/q+1;/p-1. The summed E-state index contributed by atoms with van der Waals surface area (Å²) >= 11 is 0. The predicted molar refractivity (Wildman–Crippen MR) is 52.9 cm³/mol. The van der Waals surface area contributed by atoms with Crippen LogP contribution in [0.2, 0.25) is 18.1 Å². The first-order chi connectivity index (χ1) is 6.60. The fourth-order valence-corrected chi connectivity index (χ4v) is 2.25. The van der Waals surface area contributed by atoms with Gasteiger partial charge < -0.3 is 4.55 Å².